The first-order valence-corrected chi connectivity index (χ1v) is 4.77. The predicted molar refractivity (Wildman–Crippen MR) is 56.7 cm³/mol. The Kier molecular flexibility index (Phi) is 3.53. The van der Waals surface area contributed by atoms with Crippen molar-refractivity contribution in [1.82, 2.24) is 0 Å². The monoisotopic (exact) mass is 212 g/mol. The van der Waals surface area contributed by atoms with Crippen molar-refractivity contribution in [2.24, 2.45) is 0 Å². The standard InChI is InChI=1S/C11H13ClO2/c1-7-4-8(2)10(9(3)5-7)6-14-11(12)13/h4-5H,6H2,1-3H3. The molecule has 0 heterocycles. The van der Waals surface area contributed by atoms with Crippen molar-refractivity contribution >= 4 is 17.0 Å². The lowest BCUT2D eigenvalue weighted by Gasteiger charge is -2.10. The molecule has 0 aliphatic carbocycles. The fourth-order valence-corrected chi connectivity index (χ4v) is 1.62. The first-order valence-electron chi connectivity index (χ1n) is 4.39. The Hall–Kier alpha value is -1.02. The molecule has 2 nitrogen and oxygen atoms in total. The van der Waals surface area contributed by atoms with Crippen molar-refractivity contribution < 1.29 is 9.53 Å². The molecule has 1 aromatic carbocycles. The summed E-state index contributed by atoms with van der Waals surface area (Å²) in [7, 11) is 0. The van der Waals surface area contributed by atoms with Crippen LogP contribution in [0.25, 0.3) is 0 Å². The summed E-state index contributed by atoms with van der Waals surface area (Å²) >= 11 is 5.10. The van der Waals surface area contributed by atoms with Crippen molar-refractivity contribution in [3.63, 3.8) is 0 Å². The minimum Gasteiger partial charge on any atom is -0.449 e. The minimum atomic E-state index is -0.760. The highest BCUT2D eigenvalue weighted by Gasteiger charge is 2.05. The van der Waals surface area contributed by atoms with Gasteiger partial charge in [0.15, 0.2) is 0 Å². The Morgan fingerprint density at radius 1 is 1.29 bits per heavy atom. The second-order valence-electron chi connectivity index (χ2n) is 3.40. The quantitative estimate of drug-likeness (QED) is 0.702. The van der Waals surface area contributed by atoms with Crippen LogP contribution in [0.1, 0.15) is 22.3 Å². The van der Waals surface area contributed by atoms with Gasteiger partial charge in [0.05, 0.1) is 0 Å². The SMILES string of the molecule is Cc1cc(C)c(COC(=O)Cl)c(C)c1. The Labute approximate surface area is 88.8 Å². The van der Waals surface area contributed by atoms with E-state index >= 15 is 0 Å². The van der Waals surface area contributed by atoms with Crippen molar-refractivity contribution in [2.75, 3.05) is 0 Å². The van der Waals surface area contributed by atoms with Crippen molar-refractivity contribution in [3.05, 3.63) is 34.4 Å². The summed E-state index contributed by atoms with van der Waals surface area (Å²) in [5.41, 5.74) is 3.73. The van der Waals surface area contributed by atoms with Gasteiger partial charge in [-0.3, -0.25) is 0 Å². The van der Waals surface area contributed by atoms with Crippen LogP contribution in [0.15, 0.2) is 12.1 Å². The van der Waals surface area contributed by atoms with Crippen molar-refractivity contribution in [3.8, 4) is 0 Å². The molecule has 0 fully saturated rings. The maximum Gasteiger partial charge on any atom is 0.404 e. The molecule has 0 spiro atoms. The van der Waals surface area contributed by atoms with Crippen LogP contribution in [-0.4, -0.2) is 5.43 Å². The molecule has 0 unspecified atom stereocenters. The number of carbonyl (C=O) groups is 1. The Balaban J connectivity index is 2.91. The first kappa shape index (κ1) is 11.1. The lowest BCUT2D eigenvalue weighted by atomic mass is 10.0. The van der Waals surface area contributed by atoms with Gasteiger partial charge in [0.2, 0.25) is 0 Å². The lowest BCUT2D eigenvalue weighted by molar-refractivity contribution is 0.166. The van der Waals surface area contributed by atoms with Gasteiger partial charge in [-0.1, -0.05) is 17.7 Å². The number of hydrogen-bond donors (Lipinski definition) is 0. The van der Waals surface area contributed by atoms with Gasteiger partial charge in [0, 0.05) is 11.6 Å². The molecular formula is C11H13ClO2. The van der Waals surface area contributed by atoms with Crippen LogP contribution < -0.4 is 0 Å². The number of hydrogen-bond acceptors (Lipinski definition) is 2. The van der Waals surface area contributed by atoms with Gasteiger partial charge >= 0.3 is 5.43 Å². The number of benzene rings is 1. The Morgan fingerprint density at radius 3 is 2.21 bits per heavy atom. The normalized spacial score (nSPS) is 10.0. The summed E-state index contributed by atoms with van der Waals surface area (Å²) in [6.45, 7) is 6.28. The molecule has 1 aromatic rings. The zero-order valence-electron chi connectivity index (χ0n) is 8.56. The van der Waals surface area contributed by atoms with E-state index in [4.69, 9.17) is 16.3 Å². The summed E-state index contributed by atoms with van der Waals surface area (Å²) < 4.78 is 4.76. The molecule has 0 aliphatic rings. The molecule has 1 rings (SSSR count). The largest absolute Gasteiger partial charge is 0.449 e. The second-order valence-corrected chi connectivity index (χ2v) is 3.71. The molecule has 0 bridgehead atoms. The van der Waals surface area contributed by atoms with Crippen LogP contribution in [-0.2, 0) is 11.3 Å². The van der Waals surface area contributed by atoms with Crippen LogP contribution >= 0.6 is 11.6 Å². The molecule has 0 aliphatic heterocycles. The van der Waals surface area contributed by atoms with Gasteiger partial charge in [-0.05, 0) is 37.5 Å². The highest BCUT2D eigenvalue weighted by molar-refractivity contribution is 6.61. The third kappa shape index (κ3) is 2.74. The fraction of sp³-hybridized carbons (Fsp3) is 0.364. The fourth-order valence-electron chi connectivity index (χ4n) is 1.57. The van der Waals surface area contributed by atoms with E-state index in [1.165, 1.54) is 5.56 Å². The number of ether oxygens (including phenoxy) is 1. The third-order valence-corrected chi connectivity index (χ3v) is 2.28. The zero-order valence-corrected chi connectivity index (χ0v) is 9.31. The van der Waals surface area contributed by atoms with E-state index in [1.807, 2.05) is 20.8 Å². The van der Waals surface area contributed by atoms with E-state index in [0.717, 1.165) is 16.7 Å². The van der Waals surface area contributed by atoms with E-state index in [1.54, 1.807) is 0 Å². The van der Waals surface area contributed by atoms with Gasteiger partial charge < -0.3 is 4.74 Å². The summed E-state index contributed by atoms with van der Waals surface area (Å²) in [6, 6.07) is 4.12. The van der Waals surface area contributed by atoms with Gasteiger partial charge in [0.25, 0.3) is 0 Å². The van der Waals surface area contributed by atoms with E-state index in [0.29, 0.717) is 0 Å². The predicted octanol–water partition coefficient (Wildman–Crippen LogP) is 3.49. The average Bonchev–Trinajstić information content (AvgIpc) is 2.01. The molecule has 0 saturated heterocycles. The topological polar surface area (TPSA) is 26.3 Å². The van der Waals surface area contributed by atoms with Gasteiger partial charge in [0.1, 0.15) is 6.61 Å². The maximum absolute atomic E-state index is 10.4. The number of carbonyl (C=O) groups excluding carboxylic acids is 1. The van der Waals surface area contributed by atoms with Gasteiger partial charge in [-0.15, -0.1) is 0 Å². The van der Waals surface area contributed by atoms with Gasteiger partial charge in [-0.25, -0.2) is 4.79 Å². The number of aryl methyl sites for hydroxylation is 3. The smallest absolute Gasteiger partial charge is 0.404 e. The summed E-state index contributed by atoms with van der Waals surface area (Å²) in [6.07, 6.45) is 0. The summed E-state index contributed by atoms with van der Waals surface area (Å²) in [5, 5.41) is 0. The van der Waals surface area contributed by atoms with Crippen LogP contribution in [0.4, 0.5) is 4.79 Å². The lowest BCUT2D eigenvalue weighted by Crippen LogP contribution is -2.00. The van der Waals surface area contributed by atoms with Crippen molar-refractivity contribution in [1.29, 1.82) is 0 Å². The summed E-state index contributed by atoms with van der Waals surface area (Å²) in [5.74, 6) is 0. The highest BCUT2D eigenvalue weighted by atomic mass is 35.5. The molecule has 3 heteroatoms. The van der Waals surface area contributed by atoms with Crippen molar-refractivity contribution in [2.45, 2.75) is 27.4 Å². The van der Waals surface area contributed by atoms with Crippen LogP contribution in [0.3, 0.4) is 0 Å². The molecule has 0 N–H and O–H groups in total. The third-order valence-electron chi connectivity index (χ3n) is 2.17. The average molecular weight is 213 g/mol. The Morgan fingerprint density at radius 2 is 1.79 bits per heavy atom. The van der Waals surface area contributed by atoms with E-state index in [9.17, 15) is 4.79 Å². The Bertz CT molecular complexity index is 335. The molecule has 76 valence electrons. The molecule has 0 saturated carbocycles. The molecule has 0 radical (unpaired) electrons. The van der Waals surface area contributed by atoms with E-state index < -0.39 is 5.43 Å². The molecule has 0 amide bonds. The molecule has 14 heavy (non-hydrogen) atoms. The molecule has 0 atom stereocenters. The van der Waals surface area contributed by atoms with Gasteiger partial charge in [-0.2, -0.15) is 0 Å². The van der Waals surface area contributed by atoms with Crippen LogP contribution in [0, 0.1) is 20.8 Å². The number of halogens is 1. The highest BCUT2D eigenvalue weighted by Crippen LogP contribution is 2.17. The van der Waals surface area contributed by atoms with Crippen LogP contribution in [0.2, 0.25) is 0 Å². The number of rotatable bonds is 2. The first-order chi connectivity index (χ1) is 6.50. The van der Waals surface area contributed by atoms with E-state index in [2.05, 4.69) is 12.1 Å². The second kappa shape index (κ2) is 4.47. The summed E-state index contributed by atoms with van der Waals surface area (Å²) in [4.78, 5) is 10.4. The zero-order chi connectivity index (χ0) is 10.7. The minimum absolute atomic E-state index is 0.250. The molecular weight excluding hydrogens is 200 g/mol. The van der Waals surface area contributed by atoms with Crippen LogP contribution in [0.5, 0.6) is 0 Å². The van der Waals surface area contributed by atoms with E-state index in [-0.39, 0.29) is 6.61 Å². The molecule has 0 aromatic heterocycles. The maximum atomic E-state index is 10.4.